The lowest BCUT2D eigenvalue weighted by Gasteiger charge is -2.33. The molecule has 1 saturated heterocycles. The number of aromatic nitrogens is 2. The van der Waals surface area contributed by atoms with Gasteiger partial charge in [0.25, 0.3) is 0 Å². The van der Waals surface area contributed by atoms with E-state index in [1.54, 1.807) is 4.31 Å². The lowest BCUT2D eigenvalue weighted by molar-refractivity contribution is 0.274. The number of benzene rings is 3. The molecular weight excluding hydrogens is 551 g/mol. The Morgan fingerprint density at radius 1 is 0.846 bits per heavy atom. The molecule has 0 bridgehead atoms. The van der Waals surface area contributed by atoms with Crippen LogP contribution in [0.5, 0.6) is 0 Å². The van der Waals surface area contributed by atoms with Gasteiger partial charge < -0.3 is 10.3 Å². The zero-order valence-electron chi connectivity index (χ0n) is 21.6. The Hall–Kier alpha value is -2.42. The van der Waals surface area contributed by atoms with E-state index in [1.165, 1.54) is 5.56 Å². The minimum Gasteiger partial charge on any atom is -0.329 e. The van der Waals surface area contributed by atoms with Gasteiger partial charge in [-0.15, -0.1) is 0 Å². The average molecular weight is 584 g/mol. The van der Waals surface area contributed by atoms with Crippen molar-refractivity contribution >= 4 is 44.3 Å². The number of rotatable bonds is 8. The van der Waals surface area contributed by atoms with Gasteiger partial charge in [0, 0.05) is 47.6 Å². The van der Waals surface area contributed by atoms with Crippen LogP contribution in [0.25, 0.3) is 11.0 Å². The van der Waals surface area contributed by atoms with Crippen molar-refractivity contribution in [3.8, 4) is 0 Å². The van der Waals surface area contributed by atoms with Crippen LogP contribution in [0.1, 0.15) is 66.1 Å². The molecule has 0 amide bonds. The molecule has 204 valence electrons. The van der Waals surface area contributed by atoms with Gasteiger partial charge in [-0.2, -0.15) is 0 Å². The van der Waals surface area contributed by atoms with Gasteiger partial charge in [-0.1, -0.05) is 53.5 Å². The molecule has 2 heterocycles. The normalized spacial score (nSPS) is 17.3. The molecule has 1 aliphatic carbocycles. The molecule has 1 saturated carbocycles. The van der Waals surface area contributed by atoms with Gasteiger partial charge in [-0.25, -0.2) is 17.7 Å². The molecular formula is C30H32Cl2N4O2S. The summed E-state index contributed by atoms with van der Waals surface area (Å²) >= 11 is 12.5. The molecule has 1 aliphatic heterocycles. The quantitative estimate of drug-likeness (QED) is 0.246. The molecule has 2 fully saturated rings. The average Bonchev–Trinajstić information content (AvgIpc) is 3.71. The minimum absolute atomic E-state index is 0.0000820. The van der Waals surface area contributed by atoms with Gasteiger partial charge in [-0.05, 0) is 78.8 Å². The predicted molar refractivity (Wildman–Crippen MR) is 158 cm³/mol. The molecule has 0 unspecified atom stereocenters. The molecule has 2 N–H and O–H groups in total. The zero-order valence-corrected chi connectivity index (χ0v) is 24.0. The predicted octanol–water partition coefficient (Wildman–Crippen LogP) is 6.33. The number of fused-ring (bicyclic) bond motifs is 1. The van der Waals surface area contributed by atoms with Crippen LogP contribution in [-0.2, 0) is 10.0 Å². The van der Waals surface area contributed by atoms with Crippen molar-refractivity contribution in [3.05, 3.63) is 99.3 Å². The van der Waals surface area contributed by atoms with E-state index in [9.17, 15) is 8.42 Å². The number of imidazole rings is 1. The molecule has 3 aromatic carbocycles. The highest BCUT2D eigenvalue weighted by Crippen LogP contribution is 2.44. The summed E-state index contributed by atoms with van der Waals surface area (Å²) in [5.74, 6) is 1.61. The molecule has 0 spiro atoms. The maximum absolute atomic E-state index is 12.6. The molecule has 4 aromatic rings. The monoisotopic (exact) mass is 582 g/mol. The van der Waals surface area contributed by atoms with Crippen LogP contribution in [0.3, 0.4) is 0 Å². The van der Waals surface area contributed by atoms with Crippen molar-refractivity contribution in [2.45, 2.75) is 43.6 Å². The first kappa shape index (κ1) is 26.8. The van der Waals surface area contributed by atoms with Crippen LogP contribution in [-0.4, -0.2) is 47.7 Å². The summed E-state index contributed by atoms with van der Waals surface area (Å²) < 4.78 is 29.3. The number of nitrogens with two attached hydrogens (primary N) is 1. The van der Waals surface area contributed by atoms with Crippen LogP contribution in [0.2, 0.25) is 10.0 Å². The Kier molecular flexibility index (Phi) is 7.46. The number of hydrogen-bond donors (Lipinski definition) is 1. The zero-order chi connectivity index (χ0) is 27.1. The van der Waals surface area contributed by atoms with Crippen LogP contribution < -0.4 is 5.73 Å². The topological polar surface area (TPSA) is 81.2 Å². The Labute approximate surface area is 239 Å². The molecule has 6 nitrogen and oxygen atoms in total. The summed E-state index contributed by atoms with van der Waals surface area (Å²) in [5.41, 5.74) is 11.1. The van der Waals surface area contributed by atoms with E-state index < -0.39 is 10.0 Å². The van der Waals surface area contributed by atoms with E-state index in [4.69, 9.17) is 33.9 Å². The molecule has 1 aromatic heterocycles. The molecule has 6 rings (SSSR count). The standard InChI is InChI=1S/C30H32Cl2N4O2S/c31-24-8-3-20(4-9-24)29(21-5-10-25(32)11-6-21)23-7-12-27-28(19-23)36(30(34-27)22-1-2-22)26-13-16-35(17-14-26)39(37,38)18-15-33/h3-12,19,22,26,29H,1-2,13-18,33H2. The Balaban J connectivity index is 1.41. The van der Waals surface area contributed by atoms with Crippen molar-refractivity contribution in [3.63, 3.8) is 0 Å². The maximum Gasteiger partial charge on any atom is 0.215 e. The van der Waals surface area contributed by atoms with E-state index in [2.05, 4.69) is 47.0 Å². The summed E-state index contributed by atoms with van der Waals surface area (Å²) in [4.78, 5) is 5.10. The second kappa shape index (κ2) is 10.9. The fourth-order valence-corrected chi connectivity index (χ4v) is 7.44. The van der Waals surface area contributed by atoms with Crippen molar-refractivity contribution in [1.29, 1.82) is 0 Å². The van der Waals surface area contributed by atoms with E-state index in [1.807, 2.05) is 24.3 Å². The summed E-state index contributed by atoms with van der Waals surface area (Å²) in [6.07, 6.45) is 3.82. The number of nitrogens with zero attached hydrogens (tertiary/aromatic N) is 3. The lowest BCUT2D eigenvalue weighted by atomic mass is 9.85. The fraction of sp³-hybridized carbons (Fsp3) is 0.367. The second-order valence-corrected chi connectivity index (χ2v) is 13.6. The van der Waals surface area contributed by atoms with E-state index >= 15 is 0 Å². The largest absolute Gasteiger partial charge is 0.329 e. The smallest absolute Gasteiger partial charge is 0.215 e. The first-order chi connectivity index (χ1) is 18.8. The summed E-state index contributed by atoms with van der Waals surface area (Å²) in [7, 11) is -3.30. The molecule has 0 atom stereocenters. The highest BCUT2D eigenvalue weighted by molar-refractivity contribution is 7.89. The van der Waals surface area contributed by atoms with E-state index in [0.717, 1.165) is 53.7 Å². The van der Waals surface area contributed by atoms with Gasteiger partial charge in [0.15, 0.2) is 0 Å². The summed E-state index contributed by atoms with van der Waals surface area (Å²) in [6, 6.07) is 22.8. The summed E-state index contributed by atoms with van der Waals surface area (Å²) in [5, 5.41) is 1.41. The van der Waals surface area contributed by atoms with Crippen molar-refractivity contribution in [2.24, 2.45) is 5.73 Å². The van der Waals surface area contributed by atoms with Crippen LogP contribution in [0.4, 0.5) is 0 Å². The third-order valence-corrected chi connectivity index (χ3v) is 10.4. The third kappa shape index (κ3) is 5.48. The van der Waals surface area contributed by atoms with Crippen molar-refractivity contribution < 1.29 is 8.42 Å². The fourth-order valence-electron chi connectivity index (χ4n) is 5.87. The van der Waals surface area contributed by atoms with E-state index in [-0.39, 0.29) is 24.3 Å². The Morgan fingerprint density at radius 2 is 1.41 bits per heavy atom. The maximum atomic E-state index is 12.6. The third-order valence-electron chi connectivity index (χ3n) is 7.98. The second-order valence-electron chi connectivity index (χ2n) is 10.6. The van der Waals surface area contributed by atoms with Crippen molar-refractivity contribution in [1.82, 2.24) is 13.9 Å². The van der Waals surface area contributed by atoms with Gasteiger partial charge in [0.05, 0.1) is 16.8 Å². The van der Waals surface area contributed by atoms with Gasteiger partial charge in [-0.3, -0.25) is 0 Å². The molecule has 39 heavy (non-hydrogen) atoms. The first-order valence-corrected chi connectivity index (χ1v) is 15.9. The van der Waals surface area contributed by atoms with E-state index in [0.29, 0.717) is 29.1 Å². The van der Waals surface area contributed by atoms with Crippen LogP contribution in [0.15, 0.2) is 66.7 Å². The van der Waals surface area contributed by atoms with Crippen LogP contribution in [0, 0.1) is 0 Å². The number of sulfonamides is 1. The molecule has 0 radical (unpaired) electrons. The minimum atomic E-state index is -3.30. The lowest BCUT2D eigenvalue weighted by Crippen LogP contribution is -2.41. The first-order valence-electron chi connectivity index (χ1n) is 13.5. The number of hydrogen-bond acceptors (Lipinski definition) is 4. The molecule has 9 heteroatoms. The highest BCUT2D eigenvalue weighted by Gasteiger charge is 2.35. The van der Waals surface area contributed by atoms with Gasteiger partial charge in [0.1, 0.15) is 5.82 Å². The van der Waals surface area contributed by atoms with Crippen molar-refractivity contribution in [2.75, 3.05) is 25.4 Å². The Morgan fingerprint density at radius 3 is 1.95 bits per heavy atom. The SMILES string of the molecule is NCCS(=O)(=O)N1CCC(n2c(C3CC3)nc3ccc(C(c4ccc(Cl)cc4)c4ccc(Cl)cc4)cc32)CC1. The van der Waals surface area contributed by atoms with Crippen LogP contribution >= 0.6 is 23.2 Å². The Bertz CT molecular complexity index is 1530. The van der Waals surface area contributed by atoms with Gasteiger partial charge in [0.2, 0.25) is 10.0 Å². The molecule has 2 aliphatic rings. The number of piperidine rings is 1. The highest BCUT2D eigenvalue weighted by atomic mass is 35.5. The summed E-state index contributed by atoms with van der Waals surface area (Å²) in [6.45, 7) is 1.16. The van der Waals surface area contributed by atoms with Gasteiger partial charge >= 0.3 is 0 Å². The number of halogens is 2.